The van der Waals surface area contributed by atoms with Crippen LogP contribution in [0.5, 0.6) is 0 Å². The molecule has 1 fully saturated rings. The Morgan fingerprint density at radius 3 is 2.94 bits per heavy atom. The summed E-state index contributed by atoms with van der Waals surface area (Å²) >= 11 is 0. The number of nitrogens with zero attached hydrogens (tertiary/aromatic N) is 1. The maximum Gasteiger partial charge on any atom is 0.269 e. The van der Waals surface area contributed by atoms with Gasteiger partial charge < -0.3 is 11.1 Å². The zero-order valence-corrected chi connectivity index (χ0v) is 10.2. The van der Waals surface area contributed by atoms with Crippen LogP contribution in [0, 0.1) is 5.41 Å². The first kappa shape index (κ1) is 11.9. The minimum atomic E-state index is -0.125. The molecule has 2 rings (SSSR count). The fourth-order valence-electron chi connectivity index (χ4n) is 2.15. The fraction of sp³-hybridized carbons (Fsp3) is 0.538. The van der Waals surface area contributed by atoms with Gasteiger partial charge in [-0.3, -0.25) is 9.78 Å². The molecule has 1 heterocycles. The minimum Gasteiger partial charge on any atom is -0.399 e. The molecule has 0 unspecified atom stereocenters. The van der Waals surface area contributed by atoms with Crippen molar-refractivity contribution in [3.05, 3.63) is 24.0 Å². The third kappa shape index (κ3) is 2.96. The number of pyridine rings is 1. The molecule has 4 nitrogen and oxygen atoms in total. The summed E-state index contributed by atoms with van der Waals surface area (Å²) in [6.45, 7) is 2.94. The van der Waals surface area contributed by atoms with Crippen molar-refractivity contribution in [3.8, 4) is 0 Å². The zero-order chi connectivity index (χ0) is 12.3. The average molecular weight is 233 g/mol. The Balaban J connectivity index is 1.90. The number of anilines is 1. The molecule has 1 aliphatic carbocycles. The number of nitrogen functional groups attached to an aromatic ring is 1. The molecule has 0 atom stereocenters. The van der Waals surface area contributed by atoms with Gasteiger partial charge in [0.15, 0.2) is 0 Å². The Labute approximate surface area is 102 Å². The van der Waals surface area contributed by atoms with E-state index >= 15 is 0 Å². The maximum atomic E-state index is 11.8. The first-order valence-corrected chi connectivity index (χ1v) is 6.15. The van der Waals surface area contributed by atoms with E-state index in [-0.39, 0.29) is 5.91 Å². The Morgan fingerprint density at radius 1 is 1.59 bits per heavy atom. The van der Waals surface area contributed by atoms with Gasteiger partial charge in [-0.25, -0.2) is 0 Å². The van der Waals surface area contributed by atoms with Crippen LogP contribution in [0.1, 0.15) is 43.1 Å². The van der Waals surface area contributed by atoms with E-state index < -0.39 is 0 Å². The number of amides is 1. The van der Waals surface area contributed by atoms with Gasteiger partial charge in [0, 0.05) is 18.4 Å². The Hall–Kier alpha value is -1.58. The van der Waals surface area contributed by atoms with Crippen molar-refractivity contribution in [2.24, 2.45) is 5.41 Å². The summed E-state index contributed by atoms with van der Waals surface area (Å²) in [5.41, 5.74) is 6.95. The molecular formula is C13H19N3O. The van der Waals surface area contributed by atoms with Gasteiger partial charge in [-0.1, -0.05) is 13.3 Å². The quantitative estimate of drug-likeness (QED) is 0.817. The number of aromatic nitrogens is 1. The summed E-state index contributed by atoms with van der Waals surface area (Å²) in [5, 5.41) is 2.96. The lowest BCUT2D eigenvalue weighted by atomic mass is 10.0. The maximum absolute atomic E-state index is 11.8. The summed E-state index contributed by atoms with van der Waals surface area (Å²) in [5.74, 6) is -0.125. The molecule has 1 saturated carbocycles. The van der Waals surface area contributed by atoms with Gasteiger partial charge in [-0.05, 0) is 36.8 Å². The lowest BCUT2D eigenvalue weighted by Gasteiger charge is -2.14. The van der Waals surface area contributed by atoms with Crippen LogP contribution in [0.25, 0.3) is 0 Å². The standard InChI is InChI=1S/C13H19N3O/c1-2-4-13(5-6-13)9-16-12(17)11-8-10(14)3-7-15-11/h3,7-8H,2,4-6,9H2,1H3,(H2,14,15)(H,16,17). The number of hydrogen-bond donors (Lipinski definition) is 2. The summed E-state index contributed by atoms with van der Waals surface area (Å²) in [6, 6.07) is 3.28. The average Bonchev–Trinajstić information content (AvgIpc) is 3.07. The molecule has 4 heteroatoms. The van der Waals surface area contributed by atoms with E-state index in [0.717, 1.165) is 6.54 Å². The summed E-state index contributed by atoms with van der Waals surface area (Å²) in [4.78, 5) is 15.9. The molecule has 1 aromatic heterocycles. The zero-order valence-electron chi connectivity index (χ0n) is 10.2. The van der Waals surface area contributed by atoms with Crippen molar-refractivity contribution in [1.82, 2.24) is 10.3 Å². The number of nitrogens with one attached hydrogen (secondary N) is 1. The molecule has 1 amide bonds. The molecule has 1 aliphatic rings. The lowest BCUT2D eigenvalue weighted by molar-refractivity contribution is 0.0939. The third-order valence-electron chi connectivity index (χ3n) is 3.38. The Bertz CT molecular complexity index is 413. The monoisotopic (exact) mass is 233 g/mol. The summed E-state index contributed by atoms with van der Waals surface area (Å²) < 4.78 is 0. The lowest BCUT2D eigenvalue weighted by Crippen LogP contribution is -2.30. The number of carbonyl (C=O) groups excluding carboxylic acids is 1. The molecular weight excluding hydrogens is 214 g/mol. The van der Waals surface area contributed by atoms with Crippen molar-refractivity contribution >= 4 is 11.6 Å². The van der Waals surface area contributed by atoms with Crippen LogP contribution in [0.3, 0.4) is 0 Å². The molecule has 0 saturated heterocycles. The van der Waals surface area contributed by atoms with E-state index in [1.54, 1.807) is 18.3 Å². The molecule has 1 aromatic rings. The van der Waals surface area contributed by atoms with Crippen LogP contribution in [0.4, 0.5) is 5.69 Å². The minimum absolute atomic E-state index is 0.125. The van der Waals surface area contributed by atoms with Crippen LogP contribution in [0.15, 0.2) is 18.3 Å². The van der Waals surface area contributed by atoms with Crippen LogP contribution < -0.4 is 11.1 Å². The Kier molecular flexibility index (Phi) is 3.31. The first-order chi connectivity index (χ1) is 8.15. The molecule has 0 aromatic carbocycles. The van der Waals surface area contributed by atoms with E-state index in [4.69, 9.17) is 5.73 Å². The Morgan fingerprint density at radius 2 is 2.35 bits per heavy atom. The van der Waals surface area contributed by atoms with Crippen molar-refractivity contribution in [1.29, 1.82) is 0 Å². The molecule has 0 radical (unpaired) electrons. The highest BCUT2D eigenvalue weighted by Crippen LogP contribution is 2.48. The number of carbonyl (C=O) groups is 1. The van der Waals surface area contributed by atoms with Crippen molar-refractivity contribution in [3.63, 3.8) is 0 Å². The largest absolute Gasteiger partial charge is 0.399 e. The van der Waals surface area contributed by atoms with Gasteiger partial charge in [0.2, 0.25) is 0 Å². The topological polar surface area (TPSA) is 68.0 Å². The van der Waals surface area contributed by atoms with E-state index in [9.17, 15) is 4.79 Å². The van der Waals surface area contributed by atoms with Gasteiger partial charge in [-0.2, -0.15) is 0 Å². The van der Waals surface area contributed by atoms with E-state index in [1.165, 1.54) is 25.7 Å². The fourth-order valence-corrected chi connectivity index (χ4v) is 2.15. The number of hydrogen-bond acceptors (Lipinski definition) is 3. The highest BCUT2D eigenvalue weighted by molar-refractivity contribution is 5.93. The van der Waals surface area contributed by atoms with Crippen molar-refractivity contribution in [2.45, 2.75) is 32.6 Å². The number of nitrogens with two attached hydrogens (primary N) is 1. The van der Waals surface area contributed by atoms with Gasteiger partial charge in [0.1, 0.15) is 5.69 Å². The SMILES string of the molecule is CCCC1(CNC(=O)c2cc(N)ccn2)CC1. The van der Waals surface area contributed by atoms with Gasteiger partial charge >= 0.3 is 0 Å². The van der Waals surface area contributed by atoms with Gasteiger partial charge in [-0.15, -0.1) is 0 Å². The van der Waals surface area contributed by atoms with E-state index in [2.05, 4.69) is 17.2 Å². The second-order valence-electron chi connectivity index (χ2n) is 4.91. The number of rotatable bonds is 5. The molecule has 3 N–H and O–H groups in total. The predicted octanol–water partition coefficient (Wildman–Crippen LogP) is 1.97. The highest BCUT2D eigenvalue weighted by atomic mass is 16.1. The molecule has 17 heavy (non-hydrogen) atoms. The second kappa shape index (κ2) is 4.73. The van der Waals surface area contributed by atoms with Crippen LogP contribution in [-0.4, -0.2) is 17.4 Å². The predicted molar refractivity (Wildman–Crippen MR) is 67.6 cm³/mol. The van der Waals surface area contributed by atoms with E-state index in [1.807, 2.05) is 0 Å². The molecule has 92 valence electrons. The van der Waals surface area contributed by atoms with Crippen LogP contribution in [0.2, 0.25) is 0 Å². The third-order valence-corrected chi connectivity index (χ3v) is 3.38. The van der Waals surface area contributed by atoms with Crippen LogP contribution in [-0.2, 0) is 0 Å². The normalized spacial score (nSPS) is 16.5. The first-order valence-electron chi connectivity index (χ1n) is 6.15. The van der Waals surface area contributed by atoms with Crippen molar-refractivity contribution < 1.29 is 4.79 Å². The molecule has 0 aliphatic heterocycles. The molecule has 0 bridgehead atoms. The van der Waals surface area contributed by atoms with Gasteiger partial charge in [0.25, 0.3) is 5.91 Å². The molecule has 0 spiro atoms. The van der Waals surface area contributed by atoms with Crippen molar-refractivity contribution in [2.75, 3.05) is 12.3 Å². The van der Waals surface area contributed by atoms with E-state index in [0.29, 0.717) is 16.8 Å². The second-order valence-corrected chi connectivity index (χ2v) is 4.91. The van der Waals surface area contributed by atoms with Crippen LogP contribution >= 0.6 is 0 Å². The van der Waals surface area contributed by atoms with Gasteiger partial charge in [0.05, 0.1) is 0 Å². The summed E-state index contributed by atoms with van der Waals surface area (Å²) in [6.07, 6.45) is 6.38. The smallest absolute Gasteiger partial charge is 0.269 e. The summed E-state index contributed by atoms with van der Waals surface area (Å²) in [7, 11) is 0. The highest BCUT2D eigenvalue weighted by Gasteiger charge is 2.41.